The van der Waals surface area contributed by atoms with E-state index in [4.69, 9.17) is 19.7 Å². The SMILES string of the molecule is COc1ccc(CC(C)c2nc(-c3cnn(C)c3N)no2)cc1OC. The predicted octanol–water partition coefficient (Wildman–Crippen LogP) is 2.42. The van der Waals surface area contributed by atoms with Crippen LogP contribution in [0.1, 0.15) is 24.3 Å². The largest absolute Gasteiger partial charge is 0.493 e. The number of ether oxygens (including phenoxy) is 2. The summed E-state index contributed by atoms with van der Waals surface area (Å²) in [6.45, 7) is 2.03. The van der Waals surface area contributed by atoms with Crippen molar-refractivity contribution in [3.05, 3.63) is 35.9 Å². The normalized spacial score (nSPS) is 12.2. The molecule has 3 rings (SSSR count). The molecule has 0 aliphatic carbocycles. The molecule has 0 spiro atoms. The van der Waals surface area contributed by atoms with Crippen molar-refractivity contribution < 1.29 is 14.0 Å². The average Bonchev–Trinajstić information content (AvgIpc) is 3.22. The van der Waals surface area contributed by atoms with Gasteiger partial charge >= 0.3 is 0 Å². The summed E-state index contributed by atoms with van der Waals surface area (Å²) in [6, 6.07) is 5.83. The van der Waals surface area contributed by atoms with E-state index in [9.17, 15) is 0 Å². The van der Waals surface area contributed by atoms with Gasteiger partial charge in [0.15, 0.2) is 11.5 Å². The first kappa shape index (κ1) is 16.8. The molecule has 8 nitrogen and oxygen atoms in total. The lowest BCUT2D eigenvalue weighted by Crippen LogP contribution is -2.00. The lowest BCUT2D eigenvalue weighted by molar-refractivity contribution is 0.352. The van der Waals surface area contributed by atoms with Gasteiger partial charge in [0.05, 0.1) is 26.0 Å². The van der Waals surface area contributed by atoms with E-state index < -0.39 is 0 Å². The number of aryl methyl sites for hydroxylation is 1. The van der Waals surface area contributed by atoms with E-state index in [0.717, 1.165) is 12.0 Å². The fraction of sp³-hybridized carbons (Fsp3) is 0.353. The maximum absolute atomic E-state index is 5.96. The standard InChI is InChI=1S/C17H21N5O3/c1-10(7-11-5-6-13(23-3)14(8-11)24-4)17-20-16(21-25-17)12-9-19-22(2)15(12)18/h5-6,8-10H,7,18H2,1-4H3. The van der Waals surface area contributed by atoms with Crippen molar-refractivity contribution in [3.8, 4) is 22.9 Å². The van der Waals surface area contributed by atoms with Crippen LogP contribution in [-0.4, -0.2) is 34.1 Å². The molecule has 0 amide bonds. The molecule has 0 saturated heterocycles. The molecule has 2 aromatic heterocycles. The van der Waals surface area contributed by atoms with Crippen LogP contribution in [0, 0.1) is 0 Å². The second kappa shape index (κ2) is 6.84. The van der Waals surface area contributed by atoms with Crippen molar-refractivity contribution >= 4 is 5.82 Å². The summed E-state index contributed by atoms with van der Waals surface area (Å²) in [5.74, 6) is 2.93. The van der Waals surface area contributed by atoms with Crippen LogP contribution in [-0.2, 0) is 13.5 Å². The summed E-state index contributed by atoms with van der Waals surface area (Å²) in [5, 5.41) is 8.11. The third-order valence-corrected chi connectivity index (χ3v) is 4.08. The third-order valence-electron chi connectivity index (χ3n) is 4.08. The van der Waals surface area contributed by atoms with E-state index in [-0.39, 0.29) is 5.92 Å². The lowest BCUT2D eigenvalue weighted by atomic mass is 10.0. The van der Waals surface area contributed by atoms with Gasteiger partial charge in [-0.2, -0.15) is 10.1 Å². The number of anilines is 1. The van der Waals surface area contributed by atoms with Crippen molar-refractivity contribution in [2.45, 2.75) is 19.3 Å². The number of nitrogens with zero attached hydrogens (tertiary/aromatic N) is 4. The first-order valence-corrected chi connectivity index (χ1v) is 7.85. The maximum atomic E-state index is 5.96. The summed E-state index contributed by atoms with van der Waals surface area (Å²) >= 11 is 0. The van der Waals surface area contributed by atoms with Crippen molar-refractivity contribution in [2.75, 3.05) is 20.0 Å². The van der Waals surface area contributed by atoms with E-state index in [0.29, 0.717) is 34.6 Å². The topological polar surface area (TPSA) is 101 Å². The molecule has 25 heavy (non-hydrogen) atoms. The second-order valence-electron chi connectivity index (χ2n) is 5.82. The van der Waals surface area contributed by atoms with E-state index in [1.54, 1.807) is 32.1 Å². The second-order valence-corrected chi connectivity index (χ2v) is 5.82. The van der Waals surface area contributed by atoms with Gasteiger partial charge in [0.25, 0.3) is 0 Å². The van der Waals surface area contributed by atoms with Crippen molar-refractivity contribution in [1.29, 1.82) is 0 Å². The number of rotatable bonds is 6. The van der Waals surface area contributed by atoms with Gasteiger partial charge in [-0.15, -0.1) is 0 Å². The smallest absolute Gasteiger partial charge is 0.230 e. The molecule has 0 bridgehead atoms. The molecule has 0 saturated carbocycles. The van der Waals surface area contributed by atoms with Gasteiger partial charge in [0.2, 0.25) is 11.7 Å². The van der Waals surface area contributed by atoms with E-state index in [1.165, 1.54) is 0 Å². The highest BCUT2D eigenvalue weighted by Crippen LogP contribution is 2.30. The Hall–Kier alpha value is -3.03. The molecule has 2 N–H and O–H groups in total. The summed E-state index contributed by atoms with van der Waals surface area (Å²) in [4.78, 5) is 4.46. The number of benzene rings is 1. The highest BCUT2D eigenvalue weighted by molar-refractivity contribution is 5.67. The first-order chi connectivity index (χ1) is 12.0. The van der Waals surface area contributed by atoms with Crippen LogP contribution in [0.3, 0.4) is 0 Å². The minimum absolute atomic E-state index is 0.0391. The minimum Gasteiger partial charge on any atom is -0.493 e. The zero-order valence-corrected chi connectivity index (χ0v) is 14.7. The Kier molecular flexibility index (Phi) is 4.60. The first-order valence-electron chi connectivity index (χ1n) is 7.85. The Morgan fingerprint density at radius 1 is 1.24 bits per heavy atom. The van der Waals surface area contributed by atoms with Crippen LogP contribution in [0.5, 0.6) is 11.5 Å². The van der Waals surface area contributed by atoms with Gasteiger partial charge in [0.1, 0.15) is 5.82 Å². The van der Waals surface area contributed by atoms with Gasteiger partial charge in [-0.1, -0.05) is 18.1 Å². The molecule has 0 aliphatic rings. The van der Waals surface area contributed by atoms with Crippen molar-refractivity contribution in [2.24, 2.45) is 7.05 Å². The van der Waals surface area contributed by atoms with Gasteiger partial charge in [-0.05, 0) is 24.1 Å². The van der Waals surface area contributed by atoms with E-state index in [1.807, 2.05) is 25.1 Å². The van der Waals surface area contributed by atoms with Crippen LogP contribution in [0.2, 0.25) is 0 Å². The fourth-order valence-electron chi connectivity index (χ4n) is 2.61. The number of hydrogen-bond acceptors (Lipinski definition) is 7. The van der Waals surface area contributed by atoms with Crippen LogP contribution >= 0.6 is 0 Å². The quantitative estimate of drug-likeness (QED) is 0.733. The minimum atomic E-state index is 0.0391. The molecule has 2 heterocycles. The molecule has 0 fully saturated rings. The molecule has 1 aromatic carbocycles. The summed E-state index contributed by atoms with van der Waals surface area (Å²) in [7, 11) is 5.00. The zero-order chi connectivity index (χ0) is 18.0. The van der Waals surface area contributed by atoms with E-state index >= 15 is 0 Å². The van der Waals surface area contributed by atoms with Crippen LogP contribution < -0.4 is 15.2 Å². The third kappa shape index (κ3) is 3.28. The van der Waals surface area contributed by atoms with Crippen LogP contribution in [0.4, 0.5) is 5.82 Å². The Balaban J connectivity index is 1.78. The van der Waals surface area contributed by atoms with E-state index in [2.05, 4.69) is 15.2 Å². The highest BCUT2D eigenvalue weighted by atomic mass is 16.5. The number of hydrogen-bond donors (Lipinski definition) is 1. The van der Waals surface area contributed by atoms with Gasteiger partial charge in [0, 0.05) is 13.0 Å². The molecule has 3 aromatic rings. The Bertz CT molecular complexity index is 871. The Morgan fingerprint density at radius 3 is 2.64 bits per heavy atom. The maximum Gasteiger partial charge on any atom is 0.230 e. The zero-order valence-electron chi connectivity index (χ0n) is 14.7. The lowest BCUT2D eigenvalue weighted by Gasteiger charge is -2.11. The average molecular weight is 343 g/mol. The monoisotopic (exact) mass is 343 g/mol. The van der Waals surface area contributed by atoms with Gasteiger partial charge < -0.3 is 19.7 Å². The Labute approximate surface area is 145 Å². The van der Waals surface area contributed by atoms with Crippen LogP contribution in [0.15, 0.2) is 28.9 Å². The number of aromatic nitrogens is 4. The number of nitrogen functional groups attached to an aromatic ring is 1. The molecule has 132 valence electrons. The molecule has 1 atom stereocenters. The Morgan fingerprint density at radius 2 is 2.00 bits per heavy atom. The summed E-state index contributed by atoms with van der Waals surface area (Å²) in [5.41, 5.74) is 7.71. The predicted molar refractivity (Wildman–Crippen MR) is 92.6 cm³/mol. The molecule has 1 unspecified atom stereocenters. The molecular weight excluding hydrogens is 322 g/mol. The molecule has 0 aliphatic heterocycles. The fourth-order valence-corrected chi connectivity index (χ4v) is 2.61. The summed E-state index contributed by atoms with van der Waals surface area (Å²) < 4.78 is 17.6. The van der Waals surface area contributed by atoms with Crippen molar-refractivity contribution in [1.82, 2.24) is 19.9 Å². The molecular formula is C17H21N5O3. The highest BCUT2D eigenvalue weighted by Gasteiger charge is 2.19. The van der Waals surface area contributed by atoms with Crippen LogP contribution in [0.25, 0.3) is 11.4 Å². The molecule has 0 radical (unpaired) electrons. The van der Waals surface area contributed by atoms with Gasteiger partial charge in [-0.25, -0.2) is 0 Å². The summed E-state index contributed by atoms with van der Waals surface area (Å²) in [6.07, 6.45) is 2.35. The van der Waals surface area contributed by atoms with Crippen molar-refractivity contribution in [3.63, 3.8) is 0 Å². The molecule has 8 heteroatoms. The number of nitrogens with two attached hydrogens (primary N) is 1. The number of methoxy groups -OCH3 is 2. The van der Waals surface area contributed by atoms with Gasteiger partial charge in [-0.3, -0.25) is 4.68 Å².